The summed E-state index contributed by atoms with van der Waals surface area (Å²) < 4.78 is 10.3. The van der Waals surface area contributed by atoms with Gasteiger partial charge in [0.15, 0.2) is 0 Å². The van der Waals surface area contributed by atoms with Gasteiger partial charge in [-0.2, -0.15) is 0 Å². The maximum atomic E-state index is 12.6. The van der Waals surface area contributed by atoms with Crippen molar-refractivity contribution in [1.29, 1.82) is 0 Å². The molecule has 1 N–H and O–H groups in total. The van der Waals surface area contributed by atoms with Crippen molar-refractivity contribution in [2.24, 2.45) is 0 Å². The van der Waals surface area contributed by atoms with E-state index in [1.165, 1.54) is 11.3 Å². The van der Waals surface area contributed by atoms with Gasteiger partial charge in [-0.05, 0) is 24.6 Å². The molecular formula is C17H23N3O3S. The van der Waals surface area contributed by atoms with Crippen molar-refractivity contribution < 1.29 is 14.3 Å². The van der Waals surface area contributed by atoms with Crippen LogP contribution in [-0.4, -0.2) is 43.3 Å². The van der Waals surface area contributed by atoms with E-state index in [1.54, 1.807) is 25.3 Å². The van der Waals surface area contributed by atoms with Crippen LogP contribution in [0.3, 0.4) is 0 Å². The number of urea groups is 1. The number of aromatic nitrogens is 1. The van der Waals surface area contributed by atoms with E-state index in [9.17, 15) is 4.79 Å². The lowest BCUT2D eigenvalue weighted by atomic mass is 10.1. The van der Waals surface area contributed by atoms with Gasteiger partial charge in [-0.25, -0.2) is 9.78 Å². The summed E-state index contributed by atoms with van der Waals surface area (Å²) in [6.07, 6.45) is 1.74. The zero-order valence-electron chi connectivity index (χ0n) is 14.2. The second-order valence-electron chi connectivity index (χ2n) is 5.29. The van der Waals surface area contributed by atoms with Crippen LogP contribution in [-0.2, 0) is 11.3 Å². The van der Waals surface area contributed by atoms with Crippen LogP contribution in [0.1, 0.15) is 23.5 Å². The fraction of sp³-hybridized carbons (Fsp3) is 0.412. The number of nitrogens with one attached hydrogen (secondary N) is 1. The average molecular weight is 349 g/mol. The number of hydrogen-bond acceptors (Lipinski definition) is 5. The number of thiazole rings is 1. The number of amides is 2. The van der Waals surface area contributed by atoms with Gasteiger partial charge in [-0.3, -0.25) is 0 Å². The van der Waals surface area contributed by atoms with Gasteiger partial charge >= 0.3 is 6.03 Å². The van der Waals surface area contributed by atoms with Crippen LogP contribution in [0.25, 0.3) is 0 Å². The maximum Gasteiger partial charge on any atom is 0.318 e. The van der Waals surface area contributed by atoms with Crippen molar-refractivity contribution in [3.63, 3.8) is 0 Å². The quantitative estimate of drug-likeness (QED) is 0.795. The largest absolute Gasteiger partial charge is 0.497 e. The predicted molar refractivity (Wildman–Crippen MR) is 94.3 cm³/mol. The zero-order valence-corrected chi connectivity index (χ0v) is 15.0. The minimum atomic E-state index is -0.141. The number of hydrogen-bond donors (Lipinski definition) is 1. The Morgan fingerprint density at radius 1 is 1.42 bits per heavy atom. The van der Waals surface area contributed by atoms with Crippen LogP contribution in [0.4, 0.5) is 4.79 Å². The number of carbonyl (C=O) groups excluding carboxylic acids is 1. The Labute approximate surface area is 146 Å². The van der Waals surface area contributed by atoms with Gasteiger partial charge in [0, 0.05) is 25.2 Å². The van der Waals surface area contributed by atoms with E-state index in [-0.39, 0.29) is 12.1 Å². The summed E-state index contributed by atoms with van der Waals surface area (Å²) in [6.45, 7) is 3.40. The molecule has 0 radical (unpaired) electrons. The smallest absolute Gasteiger partial charge is 0.318 e. The molecule has 2 rings (SSSR count). The number of carbonyl (C=O) groups is 1. The van der Waals surface area contributed by atoms with E-state index in [2.05, 4.69) is 10.3 Å². The molecule has 6 nitrogen and oxygen atoms in total. The molecule has 130 valence electrons. The molecule has 0 spiro atoms. The lowest BCUT2D eigenvalue weighted by Gasteiger charge is -2.24. The van der Waals surface area contributed by atoms with E-state index in [0.717, 1.165) is 16.3 Å². The standard InChI is InChI=1S/C17H23N3O3S/c1-13(14-5-4-6-15(11-14)23-3)19-17(21)20(8-9-22-2)12-16-18-7-10-24-16/h4-7,10-11,13H,8-9,12H2,1-3H3,(H,19,21). The van der Waals surface area contributed by atoms with Crippen LogP contribution in [0.5, 0.6) is 5.75 Å². The van der Waals surface area contributed by atoms with Crippen LogP contribution < -0.4 is 10.1 Å². The normalized spacial score (nSPS) is 11.8. The average Bonchev–Trinajstić information content (AvgIpc) is 3.11. The van der Waals surface area contributed by atoms with Gasteiger partial charge in [0.2, 0.25) is 0 Å². The maximum absolute atomic E-state index is 12.6. The molecule has 2 aromatic rings. The number of nitrogens with zero attached hydrogens (tertiary/aromatic N) is 2. The lowest BCUT2D eigenvalue weighted by molar-refractivity contribution is 0.145. The third-order valence-electron chi connectivity index (χ3n) is 3.60. The molecule has 0 bridgehead atoms. The summed E-state index contributed by atoms with van der Waals surface area (Å²) >= 11 is 1.53. The van der Waals surface area contributed by atoms with Gasteiger partial charge in [-0.15, -0.1) is 11.3 Å². The Morgan fingerprint density at radius 3 is 2.92 bits per heavy atom. The summed E-state index contributed by atoms with van der Waals surface area (Å²) in [5.74, 6) is 0.771. The molecule has 0 aliphatic carbocycles. The molecule has 0 fully saturated rings. The van der Waals surface area contributed by atoms with E-state index in [1.807, 2.05) is 36.6 Å². The second kappa shape index (κ2) is 9.24. The molecule has 1 heterocycles. The highest BCUT2D eigenvalue weighted by Crippen LogP contribution is 2.19. The van der Waals surface area contributed by atoms with Crippen LogP contribution >= 0.6 is 11.3 Å². The SMILES string of the molecule is COCCN(Cc1nccs1)C(=O)NC(C)c1cccc(OC)c1. The molecule has 0 aliphatic rings. The molecule has 1 unspecified atom stereocenters. The highest BCUT2D eigenvalue weighted by atomic mass is 32.1. The molecule has 24 heavy (non-hydrogen) atoms. The highest BCUT2D eigenvalue weighted by molar-refractivity contribution is 7.09. The Balaban J connectivity index is 2.02. The van der Waals surface area contributed by atoms with Gasteiger partial charge in [0.05, 0.1) is 26.3 Å². The zero-order chi connectivity index (χ0) is 17.4. The molecule has 1 aromatic carbocycles. The summed E-state index contributed by atoms with van der Waals surface area (Å²) in [5, 5.41) is 5.82. The van der Waals surface area contributed by atoms with Crippen molar-refractivity contribution in [2.45, 2.75) is 19.5 Å². The summed E-state index contributed by atoms with van der Waals surface area (Å²) in [4.78, 5) is 18.6. The summed E-state index contributed by atoms with van der Waals surface area (Å²) in [5.41, 5.74) is 0.989. The van der Waals surface area contributed by atoms with E-state index in [0.29, 0.717) is 19.7 Å². The Kier molecular flexibility index (Phi) is 7.02. The first-order chi connectivity index (χ1) is 11.6. The van der Waals surface area contributed by atoms with Crippen LogP contribution in [0.15, 0.2) is 35.8 Å². The molecular weight excluding hydrogens is 326 g/mol. The van der Waals surface area contributed by atoms with E-state index in [4.69, 9.17) is 9.47 Å². The molecule has 7 heteroatoms. The van der Waals surface area contributed by atoms with Crippen molar-refractivity contribution >= 4 is 17.4 Å². The predicted octanol–water partition coefficient (Wildman–Crippen LogP) is 3.07. The van der Waals surface area contributed by atoms with Crippen LogP contribution in [0, 0.1) is 0 Å². The Hall–Kier alpha value is -2.12. The Morgan fingerprint density at radius 2 is 2.25 bits per heavy atom. The fourth-order valence-electron chi connectivity index (χ4n) is 2.22. The van der Waals surface area contributed by atoms with Gasteiger partial charge in [-0.1, -0.05) is 12.1 Å². The Bertz CT molecular complexity index is 634. The van der Waals surface area contributed by atoms with E-state index >= 15 is 0 Å². The van der Waals surface area contributed by atoms with Crippen molar-refractivity contribution in [3.8, 4) is 5.75 Å². The number of rotatable bonds is 8. The fourth-order valence-corrected chi connectivity index (χ4v) is 2.85. The minimum absolute atomic E-state index is 0.131. The van der Waals surface area contributed by atoms with Gasteiger partial charge < -0.3 is 19.7 Å². The third kappa shape index (κ3) is 5.21. The van der Waals surface area contributed by atoms with E-state index < -0.39 is 0 Å². The van der Waals surface area contributed by atoms with Gasteiger partial charge in [0.25, 0.3) is 0 Å². The summed E-state index contributed by atoms with van der Waals surface area (Å²) in [6, 6.07) is 7.41. The first kappa shape index (κ1) is 18.2. The number of methoxy groups -OCH3 is 2. The topological polar surface area (TPSA) is 63.7 Å². The third-order valence-corrected chi connectivity index (χ3v) is 4.36. The van der Waals surface area contributed by atoms with Crippen LogP contribution in [0.2, 0.25) is 0 Å². The first-order valence-corrected chi connectivity index (χ1v) is 8.58. The van der Waals surface area contributed by atoms with Crippen molar-refractivity contribution in [3.05, 3.63) is 46.4 Å². The lowest BCUT2D eigenvalue weighted by Crippen LogP contribution is -2.42. The monoisotopic (exact) mass is 349 g/mol. The molecule has 0 aliphatic heterocycles. The first-order valence-electron chi connectivity index (χ1n) is 7.70. The summed E-state index contributed by atoms with van der Waals surface area (Å²) in [7, 11) is 3.25. The minimum Gasteiger partial charge on any atom is -0.497 e. The second-order valence-corrected chi connectivity index (χ2v) is 6.27. The van der Waals surface area contributed by atoms with Gasteiger partial charge in [0.1, 0.15) is 10.8 Å². The molecule has 1 atom stereocenters. The molecule has 0 saturated carbocycles. The highest BCUT2D eigenvalue weighted by Gasteiger charge is 2.18. The number of ether oxygens (including phenoxy) is 2. The molecule has 1 aromatic heterocycles. The van der Waals surface area contributed by atoms with Crippen molar-refractivity contribution in [2.75, 3.05) is 27.4 Å². The number of benzene rings is 1. The molecule has 2 amide bonds. The molecule has 0 saturated heterocycles. The van der Waals surface area contributed by atoms with Crippen molar-refractivity contribution in [1.82, 2.24) is 15.2 Å².